The number of hydrogen-bond acceptors (Lipinski definition) is 8. The van der Waals surface area contributed by atoms with Crippen molar-refractivity contribution in [3.63, 3.8) is 0 Å². The van der Waals surface area contributed by atoms with Gasteiger partial charge in [-0.05, 0) is 24.6 Å². The molecule has 0 spiro atoms. The number of nitrogens with one attached hydrogen (secondary N) is 1. The highest BCUT2D eigenvalue weighted by Gasteiger charge is 2.38. The Morgan fingerprint density at radius 1 is 1.31 bits per heavy atom. The number of pyridine rings is 2. The monoisotopic (exact) mass is 409 g/mol. The van der Waals surface area contributed by atoms with Crippen LogP contribution in [0.15, 0.2) is 35.2 Å². The van der Waals surface area contributed by atoms with E-state index in [-0.39, 0.29) is 18.1 Å². The van der Waals surface area contributed by atoms with Gasteiger partial charge in [-0.25, -0.2) is 4.79 Å². The minimum Gasteiger partial charge on any atom is -0.496 e. The van der Waals surface area contributed by atoms with Crippen LogP contribution in [0.3, 0.4) is 0 Å². The van der Waals surface area contributed by atoms with Crippen LogP contribution < -0.4 is 10.1 Å². The minimum absolute atomic E-state index is 0.0563. The largest absolute Gasteiger partial charge is 0.496 e. The number of aromatic nitrogens is 4. The Kier molecular flexibility index (Phi) is 5.61. The number of halogens is 3. The lowest BCUT2D eigenvalue weighted by Gasteiger charge is -2.11. The standard InChI is InChI=1S/C17H14F3N5O4/c1-9-5-11(14-24-15(29-25-14)17(18,19)20)22-7-12(9)23-16(26)28-8-10-6-21-4-3-13(10)27-2/h3-7H,8H2,1-2H3,(H,23,26). The van der Waals surface area contributed by atoms with Crippen molar-refractivity contribution in [2.75, 3.05) is 12.4 Å². The van der Waals surface area contributed by atoms with Crippen LogP contribution in [0.5, 0.6) is 5.75 Å². The van der Waals surface area contributed by atoms with Gasteiger partial charge in [-0.1, -0.05) is 5.16 Å². The zero-order valence-corrected chi connectivity index (χ0v) is 15.1. The molecular weight excluding hydrogens is 395 g/mol. The van der Waals surface area contributed by atoms with Gasteiger partial charge in [0, 0.05) is 18.0 Å². The smallest absolute Gasteiger partial charge is 0.471 e. The number of anilines is 1. The second-order valence-electron chi connectivity index (χ2n) is 5.69. The Labute approximate surface area is 161 Å². The summed E-state index contributed by atoms with van der Waals surface area (Å²) in [5.74, 6) is -1.27. The maximum absolute atomic E-state index is 12.6. The number of nitrogens with zero attached hydrogens (tertiary/aromatic N) is 4. The lowest BCUT2D eigenvalue weighted by Crippen LogP contribution is -2.15. The van der Waals surface area contributed by atoms with E-state index < -0.39 is 18.2 Å². The van der Waals surface area contributed by atoms with Crippen molar-refractivity contribution in [1.82, 2.24) is 20.1 Å². The third-order valence-electron chi connectivity index (χ3n) is 3.68. The molecule has 3 rings (SSSR count). The summed E-state index contributed by atoms with van der Waals surface area (Å²) >= 11 is 0. The lowest BCUT2D eigenvalue weighted by atomic mass is 10.2. The van der Waals surface area contributed by atoms with Crippen molar-refractivity contribution in [2.24, 2.45) is 0 Å². The first-order valence-electron chi connectivity index (χ1n) is 8.06. The van der Waals surface area contributed by atoms with Gasteiger partial charge in [0.1, 0.15) is 18.1 Å². The minimum atomic E-state index is -4.75. The number of hydrogen-bond donors (Lipinski definition) is 1. The van der Waals surface area contributed by atoms with Crippen LogP contribution in [-0.4, -0.2) is 33.3 Å². The highest BCUT2D eigenvalue weighted by molar-refractivity contribution is 5.85. The molecule has 0 aliphatic carbocycles. The highest BCUT2D eigenvalue weighted by Crippen LogP contribution is 2.29. The van der Waals surface area contributed by atoms with Crippen molar-refractivity contribution in [3.8, 4) is 17.3 Å². The predicted molar refractivity (Wildman–Crippen MR) is 91.9 cm³/mol. The summed E-state index contributed by atoms with van der Waals surface area (Å²) in [6.07, 6.45) is -1.20. The van der Waals surface area contributed by atoms with Gasteiger partial charge in [-0.2, -0.15) is 18.2 Å². The van der Waals surface area contributed by atoms with Crippen LogP contribution >= 0.6 is 0 Å². The van der Waals surface area contributed by atoms with Gasteiger partial charge in [0.05, 0.1) is 19.0 Å². The van der Waals surface area contributed by atoms with Crippen molar-refractivity contribution < 1.29 is 32.0 Å². The first-order chi connectivity index (χ1) is 13.8. The molecule has 12 heteroatoms. The normalized spacial score (nSPS) is 11.2. The van der Waals surface area contributed by atoms with Gasteiger partial charge in [0.25, 0.3) is 0 Å². The molecule has 152 valence electrons. The van der Waals surface area contributed by atoms with E-state index in [1.165, 1.54) is 25.6 Å². The van der Waals surface area contributed by atoms with Crippen LogP contribution in [-0.2, 0) is 17.5 Å². The Morgan fingerprint density at radius 2 is 2.10 bits per heavy atom. The third-order valence-corrected chi connectivity index (χ3v) is 3.68. The number of carbonyl (C=O) groups excluding carboxylic acids is 1. The molecule has 29 heavy (non-hydrogen) atoms. The van der Waals surface area contributed by atoms with Crippen LogP contribution in [0.4, 0.5) is 23.7 Å². The Bertz CT molecular complexity index is 1020. The number of aryl methyl sites for hydroxylation is 1. The molecule has 1 N–H and O–H groups in total. The molecule has 0 saturated heterocycles. The lowest BCUT2D eigenvalue weighted by molar-refractivity contribution is -0.159. The highest BCUT2D eigenvalue weighted by atomic mass is 19.4. The fourth-order valence-corrected chi connectivity index (χ4v) is 2.26. The van der Waals surface area contributed by atoms with Crippen molar-refractivity contribution in [2.45, 2.75) is 19.7 Å². The molecule has 3 heterocycles. The molecule has 0 aliphatic heterocycles. The summed E-state index contributed by atoms with van der Waals surface area (Å²) in [7, 11) is 1.48. The zero-order chi connectivity index (χ0) is 21.0. The molecule has 0 bridgehead atoms. The van der Waals surface area contributed by atoms with E-state index in [0.29, 0.717) is 22.6 Å². The molecule has 0 radical (unpaired) electrons. The average molecular weight is 409 g/mol. The quantitative estimate of drug-likeness (QED) is 0.680. The van der Waals surface area contributed by atoms with Gasteiger partial charge < -0.3 is 14.0 Å². The van der Waals surface area contributed by atoms with Crippen LogP contribution in [0.1, 0.15) is 17.0 Å². The van der Waals surface area contributed by atoms with E-state index in [4.69, 9.17) is 9.47 Å². The van der Waals surface area contributed by atoms with Gasteiger partial charge >= 0.3 is 18.2 Å². The Morgan fingerprint density at radius 3 is 2.76 bits per heavy atom. The Hall–Kier alpha value is -3.70. The molecule has 0 fully saturated rings. The molecule has 0 atom stereocenters. The second kappa shape index (κ2) is 8.12. The first-order valence-corrected chi connectivity index (χ1v) is 8.06. The van der Waals surface area contributed by atoms with E-state index in [2.05, 4.69) is 29.9 Å². The van der Waals surface area contributed by atoms with Crippen LogP contribution in [0, 0.1) is 6.92 Å². The number of carbonyl (C=O) groups is 1. The topological polar surface area (TPSA) is 112 Å². The first kappa shape index (κ1) is 20.0. The summed E-state index contributed by atoms with van der Waals surface area (Å²) < 4.78 is 52.1. The van der Waals surface area contributed by atoms with Gasteiger partial charge in [0.15, 0.2) is 0 Å². The molecule has 3 aromatic rings. The molecule has 0 aliphatic rings. The van der Waals surface area contributed by atoms with Gasteiger partial charge in [-0.15, -0.1) is 0 Å². The van der Waals surface area contributed by atoms with Crippen molar-refractivity contribution in [1.29, 1.82) is 0 Å². The summed E-state index contributed by atoms with van der Waals surface area (Å²) in [6, 6.07) is 3.04. The van der Waals surface area contributed by atoms with Gasteiger partial charge in [-0.3, -0.25) is 15.3 Å². The number of methoxy groups -OCH3 is 1. The fraction of sp³-hybridized carbons (Fsp3) is 0.235. The SMILES string of the molecule is COc1ccncc1COC(=O)Nc1cnc(-c2noc(C(F)(F)F)n2)cc1C. The summed E-state index contributed by atoms with van der Waals surface area (Å²) in [5.41, 5.74) is 1.44. The molecule has 0 aromatic carbocycles. The second-order valence-corrected chi connectivity index (χ2v) is 5.69. The Balaban J connectivity index is 1.66. The summed E-state index contributed by atoms with van der Waals surface area (Å²) in [6.45, 7) is 1.55. The molecular formula is C17H14F3N5O4. The predicted octanol–water partition coefficient (Wildman–Crippen LogP) is 3.61. The molecule has 1 amide bonds. The maximum atomic E-state index is 12.6. The molecule has 0 unspecified atom stereocenters. The average Bonchev–Trinajstić information content (AvgIpc) is 3.19. The van der Waals surface area contributed by atoms with E-state index in [9.17, 15) is 18.0 Å². The molecule has 9 nitrogen and oxygen atoms in total. The molecule has 0 saturated carbocycles. The van der Waals surface area contributed by atoms with Crippen molar-refractivity contribution >= 4 is 11.8 Å². The number of rotatable bonds is 5. The summed E-state index contributed by atoms with van der Waals surface area (Å²) in [4.78, 5) is 23.2. The van der Waals surface area contributed by atoms with E-state index in [1.54, 1.807) is 19.2 Å². The van der Waals surface area contributed by atoms with Crippen molar-refractivity contribution in [3.05, 3.63) is 47.7 Å². The molecule has 3 aromatic heterocycles. The third kappa shape index (κ3) is 4.78. The fourth-order valence-electron chi connectivity index (χ4n) is 2.26. The number of amides is 1. The summed E-state index contributed by atoms with van der Waals surface area (Å²) in [5, 5.41) is 5.76. The van der Waals surface area contributed by atoms with E-state index in [1.807, 2.05) is 0 Å². The van der Waals surface area contributed by atoms with Crippen LogP contribution in [0.2, 0.25) is 0 Å². The van der Waals surface area contributed by atoms with Gasteiger partial charge in [0.2, 0.25) is 5.82 Å². The van der Waals surface area contributed by atoms with Crippen LogP contribution in [0.25, 0.3) is 11.5 Å². The number of ether oxygens (including phenoxy) is 2. The van der Waals surface area contributed by atoms with E-state index in [0.717, 1.165) is 0 Å². The maximum Gasteiger partial charge on any atom is 0.471 e. The number of alkyl halides is 3. The zero-order valence-electron chi connectivity index (χ0n) is 15.1. The van der Waals surface area contributed by atoms with E-state index >= 15 is 0 Å².